The van der Waals surface area contributed by atoms with E-state index in [1.165, 1.54) is 5.56 Å². The highest BCUT2D eigenvalue weighted by Crippen LogP contribution is 2.31. The van der Waals surface area contributed by atoms with E-state index in [4.69, 9.17) is 16.3 Å². The van der Waals surface area contributed by atoms with E-state index in [2.05, 4.69) is 29.9 Å². The van der Waals surface area contributed by atoms with Crippen molar-refractivity contribution in [1.29, 1.82) is 0 Å². The molecule has 1 aromatic carbocycles. The molecule has 0 atom stereocenters. The number of halogens is 1. The molecule has 0 aliphatic carbocycles. The van der Waals surface area contributed by atoms with Crippen molar-refractivity contribution in [2.24, 2.45) is 0 Å². The first-order valence-corrected chi connectivity index (χ1v) is 7.05. The first kappa shape index (κ1) is 14.8. The summed E-state index contributed by atoms with van der Waals surface area (Å²) >= 11 is 6.11. The average Bonchev–Trinajstić information content (AvgIpc) is 2.38. The zero-order valence-electron chi connectivity index (χ0n) is 12.5. The molecule has 0 bridgehead atoms. The molecule has 2 aromatic rings. The van der Waals surface area contributed by atoms with Gasteiger partial charge in [-0.1, -0.05) is 37.6 Å². The first-order chi connectivity index (χ1) is 9.38. The van der Waals surface area contributed by atoms with Crippen LogP contribution >= 0.6 is 11.6 Å². The number of hydrogen-bond donors (Lipinski definition) is 0. The number of benzene rings is 1. The Bertz CT molecular complexity index is 639. The molecule has 106 valence electrons. The van der Waals surface area contributed by atoms with Crippen LogP contribution in [0.4, 0.5) is 0 Å². The third-order valence-electron chi connectivity index (χ3n) is 3.32. The zero-order valence-corrected chi connectivity index (χ0v) is 13.2. The largest absolute Gasteiger partial charge is 0.436 e. The van der Waals surface area contributed by atoms with Crippen LogP contribution < -0.4 is 4.74 Å². The van der Waals surface area contributed by atoms with Crippen LogP contribution in [-0.2, 0) is 0 Å². The summed E-state index contributed by atoms with van der Waals surface area (Å²) in [6.07, 6.45) is 0. The predicted octanol–water partition coefficient (Wildman–Crippen LogP) is 4.97. The maximum Gasteiger partial charge on any atom is 0.257 e. The summed E-state index contributed by atoms with van der Waals surface area (Å²) in [4.78, 5) is 8.60. The lowest BCUT2D eigenvalue weighted by molar-refractivity contribution is 0.454. The van der Waals surface area contributed by atoms with Crippen molar-refractivity contribution in [2.45, 2.75) is 40.5 Å². The van der Waals surface area contributed by atoms with Gasteiger partial charge in [0.15, 0.2) is 5.15 Å². The fraction of sp³-hybridized carbons (Fsp3) is 0.375. The molecule has 0 saturated heterocycles. The van der Waals surface area contributed by atoms with Crippen LogP contribution in [0.1, 0.15) is 42.3 Å². The molecule has 1 aromatic heterocycles. The summed E-state index contributed by atoms with van der Waals surface area (Å²) in [5.41, 5.74) is 3.90. The molecule has 0 amide bonds. The maximum absolute atomic E-state index is 6.11. The number of hydrogen-bond acceptors (Lipinski definition) is 3. The number of ether oxygens (including phenoxy) is 1. The quantitative estimate of drug-likeness (QED) is 0.800. The highest BCUT2D eigenvalue weighted by atomic mass is 35.5. The normalized spacial score (nSPS) is 10.9. The van der Waals surface area contributed by atoms with Gasteiger partial charge in [-0.3, -0.25) is 0 Å². The summed E-state index contributed by atoms with van der Waals surface area (Å²) in [6, 6.07) is 6.20. The number of nitrogens with zero attached hydrogens (tertiary/aromatic N) is 2. The lowest BCUT2D eigenvalue weighted by Gasteiger charge is -2.13. The van der Waals surface area contributed by atoms with E-state index in [1.54, 1.807) is 0 Å². The Hall–Kier alpha value is -1.61. The standard InChI is InChI=1S/C16H19ClN2O/c1-9(2)13-7-6-10(3)14(8-13)20-16-15(17)18-11(4)12(5)19-16/h6-9H,1-5H3. The molecule has 0 radical (unpaired) electrons. The Morgan fingerprint density at radius 3 is 2.35 bits per heavy atom. The second-order valence-electron chi connectivity index (χ2n) is 5.27. The van der Waals surface area contributed by atoms with Crippen LogP contribution in [0.5, 0.6) is 11.6 Å². The Morgan fingerprint density at radius 1 is 1.05 bits per heavy atom. The van der Waals surface area contributed by atoms with E-state index in [9.17, 15) is 0 Å². The molecule has 0 fully saturated rings. The molecule has 4 heteroatoms. The number of aryl methyl sites for hydroxylation is 3. The molecule has 0 spiro atoms. The highest BCUT2D eigenvalue weighted by molar-refractivity contribution is 6.30. The summed E-state index contributed by atoms with van der Waals surface area (Å²) in [7, 11) is 0. The van der Waals surface area contributed by atoms with E-state index < -0.39 is 0 Å². The Balaban J connectivity index is 2.39. The van der Waals surface area contributed by atoms with Crippen molar-refractivity contribution in [1.82, 2.24) is 9.97 Å². The van der Waals surface area contributed by atoms with Crippen molar-refractivity contribution in [3.05, 3.63) is 45.9 Å². The van der Waals surface area contributed by atoms with Gasteiger partial charge in [0.1, 0.15) is 5.75 Å². The number of rotatable bonds is 3. The van der Waals surface area contributed by atoms with Gasteiger partial charge in [-0.15, -0.1) is 0 Å². The lowest BCUT2D eigenvalue weighted by atomic mass is 10.0. The van der Waals surface area contributed by atoms with Gasteiger partial charge in [0.25, 0.3) is 5.88 Å². The van der Waals surface area contributed by atoms with E-state index in [-0.39, 0.29) is 0 Å². The second-order valence-corrected chi connectivity index (χ2v) is 5.63. The topological polar surface area (TPSA) is 35.0 Å². The van der Waals surface area contributed by atoms with Gasteiger partial charge >= 0.3 is 0 Å². The maximum atomic E-state index is 6.11. The smallest absolute Gasteiger partial charge is 0.257 e. The number of aromatic nitrogens is 2. The average molecular weight is 291 g/mol. The molecule has 0 saturated carbocycles. The highest BCUT2D eigenvalue weighted by Gasteiger charge is 2.12. The Kier molecular flexibility index (Phi) is 4.29. The molecular weight excluding hydrogens is 272 g/mol. The lowest BCUT2D eigenvalue weighted by Crippen LogP contribution is -1.99. The van der Waals surface area contributed by atoms with Crippen molar-refractivity contribution in [3.8, 4) is 11.6 Å². The van der Waals surface area contributed by atoms with Gasteiger partial charge in [-0.2, -0.15) is 0 Å². The first-order valence-electron chi connectivity index (χ1n) is 6.67. The predicted molar refractivity (Wildman–Crippen MR) is 81.9 cm³/mol. The van der Waals surface area contributed by atoms with Crippen LogP contribution in [0.15, 0.2) is 18.2 Å². The summed E-state index contributed by atoms with van der Waals surface area (Å²) in [5.74, 6) is 1.58. The van der Waals surface area contributed by atoms with Crippen LogP contribution in [0.2, 0.25) is 5.15 Å². The van der Waals surface area contributed by atoms with Crippen molar-refractivity contribution in [2.75, 3.05) is 0 Å². The van der Waals surface area contributed by atoms with Crippen LogP contribution in [0, 0.1) is 20.8 Å². The second kappa shape index (κ2) is 5.80. The molecule has 0 aliphatic heterocycles. The molecular formula is C16H19ClN2O. The molecule has 2 rings (SSSR count). The van der Waals surface area contributed by atoms with Crippen molar-refractivity contribution in [3.63, 3.8) is 0 Å². The van der Waals surface area contributed by atoms with Gasteiger partial charge in [-0.25, -0.2) is 9.97 Å². The molecule has 0 unspecified atom stereocenters. The molecule has 3 nitrogen and oxygen atoms in total. The van der Waals surface area contributed by atoms with Crippen molar-refractivity contribution < 1.29 is 4.74 Å². The molecule has 1 heterocycles. The van der Waals surface area contributed by atoms with Crippen LogP contribution in [0.25, 0.3) is 0 Å². The van der Waals surface area contributed by atoms with Gasteiger partial charge in [0.05, 0.1) is 11.4 Å². The van der Waals surface area contributed by atoms with Gasteiger partial charge in [-0.05, 0) is 43.9 Å². The summed E-state index contributed by atoms with van der Waals surface area (Å²) < 4.78 is 5.86. The molecule has 0 N–H and O–H groups in total. The zero-order chi connectivity index (χ0) is 14.9. The Morgan fingerprint density at radius 2 is 1.70 bits per heavy atom. The molecule has 0 aliphatic rings. The fourth-order valence-corrected chi connectivity index (χ4v) is 2.02. The summed E-state index contributed by atoms with van der Waals surface area (Å²) in [6.45, 7) is 10.1. The van der Waals surface area contributed by atoms with Gasteiger partial charge in [0.2, 0.25) is 0 Å². The third-order valence-corrected chi connectivity index (χ3v) is 3.57. The van der Waals surface area contributed by atoms with E-state index in [0.29, 0.717) is 17.0 Å². The van der Waals surface area contributed by atoms with E-state index >= 15 is 0 Å². The van der Waals surface area contributed by atoms with Crippen molar-refractivity contribution >= 4 is 11.6 Å². The van der Waals surface area contributed by atoms with Crippen LogP contribution in [0.3, 0.4) is 0 Å². The Labute approximate surface area is 125 Å². The fourth-order valence-electron chi connectivity index (χ4n) is 1.81. The van der Waals surface area contributed by atoms with E-state index in [1.807, 2.05) is 32.9 Å². The van der Waals surface area contributed by atoms with Gasteiger partial charge < -0.3 is 4.74 Å². The minimum absolute atomic E-state index is 0.294. The third kappa shape index (κ3) is 3.10. The van der Waals surface area contributed by atoms with Gasteiger partial charge in [0, 0.05) is 0 Å². The summed E-state index contributed by atoms with van der Waals surface area (Å²) in [5, 5.41) is 0.294. The molecule has 20 heavy (non-hydrogen) atoms. The minimum atomic E-state index is 0.294. The van der Waals surface area contributed by atoms with E-state index in [0.717, 1.165) is 22.7 Å². The monoisotopic (exact) mass is 290 g/mol. The minimum Gasteiger partial charge on any atom is -0.436 e. The SMILES string of the molecule is Cc1ccc(C(C)C)cc1Oc1nc(C)c(C)nc1Cl. The van der Waals surface area contributed by atoms with Crippen LogP contribution in [-0.4, -0.2) is 9.97 Å².